The fourth-order valence-corrected chi connectivity index (χ4v) is 2.25. The van der Waals surface area contributed by atoms with E-state index in [4.69, 9.17) is 5.73 Å². The van der Waals surface area contributed by atoms with Crippen molar-refractivity contribution in [3.05, 3.63) is 17.0 Å². The zero-order valence-electron chi connectivity index (χ0n) is 8.04. The quantitative estimate of drug-likeness (QED) is 0.631. The third kappa shape index (κ3) is 1.02. The molecule has 3 N–H and O–H groups in total. The molecule has 0 aliphatic heterocycles. The average molecular weight is 181 g/mol. The fourth-order valence-electron chi connectivity index (χ4n) is 2.25. The van der Waals surface area contributed by atoms with Crippen LogP contribution in [0.25, 0.3) is 0 Å². The molecule has 1 aliphatic rings. The maximum Gasteiger partial charge on any atom is 0.106 e. The minimum atomic E-state index is -0.826. The molecule has 4 nitrogen and oxygen atoms in total. The van der Waals surface area contributed by atoms with Gasteiger partial charge in [0.25, 0.3) is 0 Å². The van der Waals surface area contributed by atoms with Gasteiger partial charge in [-0.1, -0.05) is 0 Å². The summed E-state index contributed by atoms with van der Waals surface area (Å²) >= 11 is 0. The Morgan fingerprint density at radius 3 is 3.00 bits per heavy atom. The zero-order chi connectivity index (χ0) is 9.64. The van der Waals surface area contributed by atoms with Crippen molar-refractivity contribution in [3.8, 4) is 0 Å². The van der Waals surface area contributed by atoms with Crippen LogP contribution in [0.4, 0.5) is 0 Å². The molecule has 2 rings (SSSR count). The van der Waals surface area contributed by atoms with E-state index in [1.807, 2.05) is 18.7 Å². The lowest BCUT2D eigenvalue weighted by Gasteiger charge is -2.20. The average Bonchev–Trinajstić information content (AvgIpc) is 2.56. The van der Waals surface area contributed by atoms with Crippen LogP contribution in [0.3, 0.4) is 0 Å². The molecule has 72 valence electrons. The predicted molar refractivity (Wildman–Crippen MR) is 49.2 cm³/mol. The summed E-state index contributed by atoms with van der Waals surface area (Å²) in [5.41, 5.74) is 7.74. The SMILES string of the molecule is Cc1nn(C)c2c1C(O)(CN)CC2. The van der Waals surface area contributed by atoms with Crippen LogP contribution < -0.4 is 5.73 Å². The van der Waals surface area contributed by atoms with Crippen LogP contribution >= 0.6 is 0 Å². The van der Waals surface area contributed by atoms with Gasteiger partial charge >= 0.3 is 0 Å². The Morgan fingerprint density at radius 2 is 2.38 bits per heavy atom. The van der Waals surface area contributed by atoms with Crippen molar-refractivity contribution in [1.29, 1.82) is 0 Å². The zero-order valence-corrected chi connectivity index (χ0v) is 8.04. The number of aryl methyl sites for hydroxylation is 2. The van der Waals surface area contributed by atoms with Gasteiger partial charge in [0.15, 0.2) is 0 Å². The number of fused-ring (bicyclic) bond motifs is 1. The highest BCUT2D eigenvalue weighted by Crippen LogP contribution is 2.37. The topological polar surface area (TPSA) is 64.1 Å². The molecule has 1 heterocycles. The summed E-state index contributed by atoms with van der Waals surface area (Å²) in [4.78, 5) is 0. The van der Waals surface area contributed by atoms with Gasteiger partial charge in [0.1, 0.15) is 5.60 Å². The smallest absolute Gasteiger partial charge is 0.106 e. The van der Waals surface area contributed by atoms with E-state index in [1.165, 1.54) is 0 Å². The molecule has 1 aromatic heterocycles. The van der Waals surface area contributed by atoms with E-state index in [-0.39, 0.29) is 6.54 Å². The maximum absolute atomic E-state index is 10.2. The third-order valence-corrected chi connectivity index (χ3v) is 2.92. The first kappa shape index (κ1) is 8.72. The lowest BCUT2D eigenvalue weighted by molar-refractivity contribution is 0.0473. The molecule has 0 amide bonds. The van der Waals surface area contributed by atoms with Crippen LogP contribution in [0.5, 0.6) is 0 Å². The Balaban J connectivity index is 2.58. The number of hydrogen-bond acceptors (Lipinski definition) is 3. The van der Waals surface area contributed by atoms with Crippen LogP contribution in [-0.2, 0) is 19.1 Å². The molecule has 0 aromatic carbocycles. The molecule has 0 spiro atoms. The molecule has 0 fully saturated rings. The second kappa shape index (κ2) is 2.56. The third-order valence-electron chi connectivity index (χ3n) is 2.92. The molecule has 1 atom stereocenters. The molecular weight excluding hydrogens is 166 g/mol. The number of aliphatic hydroxyl groups is 1. The molecule has 1 aromatic rings. The summed E-state index contributed by atoms with van der Waals surface area (Å²) in [5.74, 6) is 0. The first-order valence-electron chi connectivity index (χ1n) is 4.54. The van der Waals surface area contributed by atoms with Gasteiger partial charge in [0, 0.05) is 24.8 Å². The van der Waals surface area contributed by atoms with Crippen LogP contribution in [-0.4, -0.2) is 21.4 Å². The van der Waals surface area contributed by atoms with Crippen molar-refractivity contribution < 1.29 is 5.11 Å². The first-order valence-corrected chi connectivity index (χ1v) is 4.54. The molecule has 0 saturated heterocycles. The van der Waals surface area contributed by atoms with E-state index >= 15 is 0 Å². The first-order chi connectivity index (χ1) is 6.08. The lowest BCUT2D eigenvalue weighted by atomic mass is 9.96. The molecule has 1 unspecified atom stereocenters. The molecule has 0 bridgehead atoms. The van der Waals surface area contributed by atoms with Crippen molar-refractivity contribution in [2.75, 3.05) is 6.54 Å². The number of nitrogens with two attached hydrogens (primary N) is 1. The van der Waals surface area contributed by atoms with Gasteiger partial charge in [-0.15, -0.1) is 0 Å². The lowest BCUT2D eigenvalue weighted by Crippen LogP contribution is -2.32. The molecule has 1 aliphatic carbocycles. The Morgan fingerprint density at radius 1 is 1.69 bits per heavy atom. The summed E-state index contributed by atoms with van der Waals surface area (Å²) < 4.78 is 1.85. The van der Waals surface area contributed by atoms with E-state index in [1.54, 1.807) is 0 Å². The largest absolute Gasteiger partial charge is 0.384 e. The molecule has 0 saturated carbocycles. The van der Waals surface area contributed by atoms with Crippen LogP contribution in [0.1, 0.15) is 23.4 Å². The standard InChI is InChI=1S/C9H15N3O/c1-6-8-7(12(2)11-6)3-4-9(8,13)5-10/h13H,3-5,10H2,1-2H3. The predicted octanol–water partition coefficient (Wildman–Crippen LogP) is -0.179. The highest BCUT2D eigenvalue weighted by Gasteiger charge is 2.39. The molecule has 4 heteroatoms. The Hall–Kier alpha value is -0.870. The van der Waals surface area contributed by atoms with Crippen molar-refractivity contribution >= 4 is 0 Å². The number of aromatic nitrogens is 2. The molecule has 0 radical (unpaired) electrons. The van der Waals surface area contributed by atoms with Crippen molar-refractivity contribution in [1.82, 2.24) is 9.78 Å². The fraction of sp³-hybridized carbons (Fsp3) is 0.667. The summed E-state index contributed by atoms with van der Waals surface area (Å²) in [5, 5.41) is 14.4. The molecular formula is C9H15N3O. The second-order valence-electron chi connectivity index (χ2n) is 3.77. The Kier molecular flexibility index (Phi) is 1.72. The van der Waals surface area contributed by atoms with Crippen molar-refractivity contribution in [3.63, 3.8) is 0 Å². The second-order valence-corrected chi connectivity index (χ2v) is 3.77. The van der Waals surface area contributed by atoms with Gasteiger partial charge in [-0.05, 0) is 19.8 Å². The van der Waals surface area contributed by atoms with E-state index in [0.29, 0.717) is 0 Å². The van der Waals surface area contributed by atoms with E-state index < -0.39 is 5.60 Å². The normalized spacial score (nSPS) is 26.5. The summed E-state index contributed by atoms with van der Waals surface area (Å²) in [7, 11) is 1.91. The minimum absolute atomic E-state index is 0.284. The molecule has 13 heavy (non-hydrogen) atoms. The van der Waals surface area contributed by atoms with E-state index in [2.05, 4.69) is 5.10 Å². The summed E-state index contributed by atoms with van der Waals surface area (Å²) in [6.07, 6.45) is 1.60. The van der Waals surface area contributed by atoms with Crippen molar-refractivity contribution in [2.45, 2.75) is 25.4 Å². The van der Waals surface area contributed by atoms with Gasteiger partial charge in [-0.25, -0.2) is 0 Å². The van der Waals surface area contributed by atoms with Crippen LogP contribution in [0, 0.1) is 6.92 Å². The van der Waals surface area contributed by atoms with Gasteiger partial charge in [-0.2, -0.15) is 5.10 Å². The van der Waals surface area contributed by atoms with Gasteiger partial charge < -0.3 is 10.8 Å². The number of nitrogens with zero attached hydrogens (tertiary/aromatic N) is 2. The van der Waals surface area contributed by atoms with Gasteiger partial charge in [0.05, 0.1) is 5.69 Å². The van der Waals surface area contributed by atoms with E-state index in [0.717, 1.165) is 29.8 Å². The van der Waals surface area contributed by atoms with Gasteiger partial charge in [-0.3, -0.25) is 4.68 Å². The Labute approximate surface area is 77.4 Å². The van der Waals surface area contributed by atoms with Crippen LogP contribution in [0.15, 0.2) is 0 Å². The minimum Gasteiger partial charge on any atom is -0.384 e. The maximum atomic E-state index is 10.2. The summed E-state index contributed by atoms with van der Waals surface area (Å²) in [6.45, 7) is 2.21. The highest BCUT2D eigenvalue weighted by molar-refractivity contribution is 5.36. The number of rotatable bonds is 1. The summed E-state index contributed by atoms with van der Waals surface area (Å²) in [6, 6.07) is 0. The monoisotopic (exact) mass is 181 g/mol. The van der Waals surface area contributed by atoms with Crippen LogP contribution in [0.2, 0.25) is 0 Å². The number of hydrogen-bond donors (Lipinski definition) is 2. The highest BCUT2D eigenvalue weighted by atomic mass is 16.3. The van der Waals surface area contributed by atoms with Gasteiger partial charge in [0.2, 0.25) is 0 Å². The van der Waals surface area contributed by atoms with Crippen molar-refractivity contribution in [2.24, 2.45) is 12.8 Å². The Bertz CT molecular complexity index is 345. The van der Waals surface area contributed by atoms with E-state index in [9.17, 15) is 5.11 Å².